The smallest absolute Gasteiger partial charge is 0.221 e. The highest BCUT2D eigenvalue weighted by Crippen LogP contribution is 2.21. The highest BCUT2D eigenvalue weighted by molar-refractivity contribution is 6.31. The Balaban J connectivity index is 2.47. The van der Waals surface area contributed by atoms with Gasteiger partial charge in [0.25, 0.3) is 0 Å². The summed E-state index contributed by atoms with van der Waals surface area (Å²) in [7, 11) is 0. The van der Waals surface area contributed by atoms with E-state index >= 15 is 0 Å². The molecule has 1 amide bonds. The van der Waals surface area contributed by atoms with Crippen molar-refractivity contribution in [3.8, 4) is 0 Å². The van der Waals surface area contributed by atoms with E-state index in [1.54, 1.807) is 18.2 Å². The molecule has 1 N–H and O–H groups in total. The molecule has 0 aliphatic carbocycles. The second kappa shape index (κ2) is 6.03. The highest BCUT2D eigenvalue weighted by atomic mass is 35.5. The van der Waals surface area contributed by atoms with Crippen LogP contribution < -0.4 is 5.32 Å². The summed E-state index contributed by atoms with van der Waals surface area (Å²) < 4.78 is 0. The molecule has 2 rings (SSSR count). The number of nitrogens with one attached hydrogen (secondary N) is 1. The molecule has 0 unspecified atom stereocenters. The van der Waals surface area contributed by atoms with Crippen molar-refractivity contribution in [2.24, 2.45) is 0 Å². The molecule has 1 heterocycles. The van der Waals surface area contributed by atoms with Crippen LogP contribution in [-0.4, -0.2) is 16.7 Å². The number of pyridine rings is 1. The molecule has 0 aliphatic rings. The van der Waals surface area contributed by atoms with Crippen molar-refractivity contribution in [1.82, 2.24) is 4.98 Å². The predicted molar refractivity (Wildman–Crippen MR) is 78.4 cm³/mol. The standard InChI is InChI=1S/C14H10Cl2N2O2/c1-8(19)17-11-5-6-12(16)18-13(11)14(20)9-3-2-4-10(15)7-9/h2-7H,1H3,(H,17,19). The third-order valence-corrected chi connectivity index (χ3v) is 2.92. The van der Waals surface area contributed by atoms with Crippen LogP contribution in [0.4, 0.5) is 5.69 Å². The van der Waals surface area contributed by atoms with Crippen LogP contribution in [0, 0.1) is 0 Å². The van der Waals surface area contributed by atoms with Crippen LogP contribution in [0.15, 0.2) is 36.4 Å². The van der Waals surface area contributed by atoms with Crippen molar-refractivity contribution < 1.29 is 9.59 Å². The van der Waals surface area contributed by atoms with Gasteiger partial charge in [-0.15, -0.1) is 0 Å². The number of anilines is 1. The first-order chi connectivity index (χ1) is 9.47. The minimum absolute atomic E-state index is 0.0787. The van der Waals surface area contributed by atoms with Gasteiger partial charge in [-0.2, -0.15) is 0 Å². The largest absolute Gasteiger partial charge is 0.324 e. The third kappa shape index (κ3) is 3.35. The number of aromatic nitrogens is 1. The number of ketones is 1. The second-order valence-corrected chi connectivity index (χ2v) is 4.87. The van der Waals surface area contributed by atoms with Crippen LogP contribution in [0.25, 0.3) is 0 Å². The molecule has 1 aromatic carbocycles. The molecule has 0 fully saturated rings. The second-order valence-electron chi connectivity index (χ2n) is 4.05. The molecule has 0 spiro atoms. The van der Waals surface area contributed by atoms with Crippen molar-refractivity contribution in [3.05, 3.63) is 57.8 Å². The predicted octanol–water partition coefficient (Wildman–Crippen LogP) is 3.58. The van der Waals surface area contributed by atoms with Gasteiger partial charge >= 0.3 is 0 Å². The maximum Gasteiger partial charge on any atom is 0.221 e. The summed E-state index contributed by atoms with van der Waals surface area (Å²) in [6.07, 6.45) is 0. The fourth-order valence-electron chi connectivity index (χ4n) is 1.67. The van der Waals surface area contributed by atoms with Crippen molar-refractivity contribution >= 4 is 40.6 Å². The van der Waals surface area contributed by atoms with Gasteiger partial charge in [0.05, 0.1) is 5.69 Å². The number of carbonyl (C=O) groups is 2. The zero-order valence-electron chi connectivity index (χ0n) is 10.5. The minimum atomic E-state index is -0.362. The maximum atomic E-state index is 12.4. The van der Waals surface area contributed by atoms with E-state index in [2.05, 4.69) is 10.3 Å². The first-order valence-corrected chi connectivity index (χ1v) is 6.47. The first-order valence-electron chi connectivity index (χ1n) is 5.72. The fourth-order valence-corrected chi connectivity index (χ4v) is 2.00. The molecule has 2 aromatic rings. The van der Waals surface area contributed by atoms with Gasteiger partial charge in [-0.25, -0.2) is 4.98 Å². The molecule has 0 saturated heterocycles. The molecular formula is C14H10Cl2N2O2. The lowest BCUT2D eigenvalue weighted by Crippen LogP contribution is -2.13. The van der Waals surface area contributed by atoms with Crippen LogP contribution in [0.5, 0.6) is 0 Å². The first kappa shape index (κ1) is 14.5. The number of rotatable bonds is 3. The molecule has 0 aliphatic heterocycles. The number of benzene rings is 1. The van der Waals surface area contributed by atoms with E-state index in [0.29, 0.717) is 16.3 Å². The van der Waals surface area contributed by atoms with E-state index in [-0.39, 0.29) is 22.5 Å². The maximum absolute atomic E-state index is 12.4. The van der Waals surface area contributed by atoms with Crippen molar-refractivity contribution in [1.29, 1.82) is 0 Å². The molecule has 4 nitrogen and oxygen atoms in total. The van der Waals surface area contributed by atoms with E-state index in [1.807, 2.05) is 0 Å². The Morgan fingerprint density at radius 3 is 2.55 bits per heavy atom. The number of hydrogen-bond donors (Lipinski definition) is 1. The normalized spacial score (nSPS) is 10.2. The van der Waals surface area contributed by atoms with Crippen molar-refractivity contribution in [2.75, 3.05) is 5.32 Å². The van der Waals surface area contributed by atoms with E-state index in [9.17, 15) is 9.59 Å². The number of carbonyl (C=O) groups excluding carboxylic acids is 2. The Morgan fingerprint density at radius 1 is 1.15 bits per heavy atom. The monoisotopic (exact) mass is 308 g/mol. The fraction of sp³-hybridized carbons (Fsp3) is 0.0714. The van der Waals surface area contributed by atoms with E-state index in [0.717, 1.165) is 0 Å². The Morgan fingerprint density at radius 2 is 1.90 bits per heavy atom. The summed E-state index contributed by atoms with van der Waals surface area (Å²) in [5.74, 6) is -0.659. The summed E-state index contributed by atoms with van der Waals surface area (Å²) in [4.78, 5) is 27.6. The van der Waals surface area contributed by atoms with Gasteiger partial charge in [0.1, 0.15) is 10.8 Å². The number of nitrogens with zero attached hydrogens (tertiary/aromatic N) is 1. The van der Waals surface area contributed by atoms with Crippen LogP contribution in [-0.2, 0) is 4.79 Å². The quantitative estimate of drug-likeness (QED) is 0.696. The number of hydrogen-bond acceptors (Lipinski definition) is 3. The van der Waals surface area contributed by atoms with Crippen LogP contribution in [0.1, 0.15) is 23.0 Å². The molecule has 0 atom stereocenters. The van der Waals surface area contributed by atoms with Gasteiger partial charge in [-0.3, -0.25) is 9.59 Å². The SMILES string of the molecule is CC(=O)Nc1ccc(Cl)nc1C(=O)c1cccc(Cl)c1. The van der Waals surface area contributed by atoms with Gasteiger partial charge in [0.15, 0.2) is 0 Å². The Kier molecular flexibility index (Phi) is 4.37. The molecule has 0 bridgehead atoms. The lowest BCUT2D eigenvalue weighted by molar-refractivity contribution is -0.114. The summed E-state index contributed by atoms with van der Waals surface area (Å²) in [6, 6.07) is 9.52. The minimum Gasteiger partial charge on any atom is -0.324 e. The van der Waals surface area contributed by atoms with Gasteiger partial charge in [0.2, 0.25) is 11.7 Å². The Labute approximate surface area is 125 Å². The zero-order valence-corrected chi connectivity index (χ0v) is 12.0. The molecule has 0 radical (unpaired) electrons. The Bertz CT molecular complexity index is 687. The van der Waals surface area contributed by atoms with Gasteiger partial charge in [0, 0.05) is 17.5 Å². The molecule has 20 heavy (non-hydrogen) atoms. The Hall–Kier alpha value is -1.91. The average molecular weight is 309 g/mol. The van der Waals surface area contributed by atoms with E-state index in [1.165, 1.54) is 25.1 Å². The summed E-state index contributed by atoms with van der Waals surface area (Å²) in [6.45, 7) is 1.35. The highest BCUT2D eigenvalue weighted by Gasteiger charge is 2.17. The molecule has 0 saturated carbocycles. The van der Waals surface area contributed by atoms with E-state index in [4.69, 9.17) is 23.2 Å². The van der Waals surface area contributed by atoms with Gasteiger partial charge < -0.3 is 5.32 Å². The van der Waals surface area contributed by atoms with Crippen LogP contribution >= 0.6 is 23.2 Å². The zero-order chi connectivity index (χ0) is 14.7. The molecule has 6 heteroatoms. The average Bonchev–Trinajstić information content (AvgIpc) is 2.39. The van der Waals surface area contributed by atoms with Crippen molar-refractivity contribution in [2.45, 2.75) is 6.92 Å². The number of amides is 1. The third-order valence-electron chi connectivity index (χ3n) is 2.47. The lowest BCUT2D eigenvalue weighted by Gasteiger charge is -2.08. The van der Waals surface area contributed by atoms with Gasteiger partial charge in [-0.05, 0) is 24.3 Å². The molecule has 1 aromatic heterocycles. The van der Waals surface area contributed by atoms with E-state index < -0.39 is 0 Å². The molecule has 102 valence electrons. The summed E-state index contributed by atoms with van der Waals surface area (Å²) in [5.41, 5.74) is 0.765. The topological polar surface area (TPSA) is 59.1 Å². The lowest BCUT2D eigenvalue weighted by atomic mass is 10.1. The van der Waals surface area contributed by atoms with Crippen molar-refractivity contribution in [3.63, 3.8) is 0 Å². The summed E-state index contributed by atoms with van der Waals surface area (Å²) >= 11 is 11.7. The summed E-state index contributed by atoms with van der Waals surface area (Å²) in [5, 5.41) is 3.17. The van der Waals surface area contributed by atoms with Gasteiger partial charge in [-0.1, -0.05) is 35.3 Å². The molecular weight excluding hydrogens is 299 g/mol. The van der Waals surface area contributed by atoms with Crippen LogP contribution in [0.3, 0.4) is 0 Å². The number of halogens is 2. The van der Waals surface area contributed by atoms with Crippen LogP contribution in [0.2, 0.25) is 10.2 Å².